The van der Waals surface area contributed by atoms with E-state index >= 15 is 0 Å². The molecule has 0 aromatic heterocycles. The van der Waals surface area contributed by atoms with Crippen LogP contribution in [0.1, 0.15) is 60.8 Å². The Kier molecular flexibility index (Phi) is 11.2. The molecule has 3 fully saturated rings. The van der Waals surface area contributed by atoms with E-state index in [9.17, 15) is 14.7 Å². The van der Waals surface area contributed by atoms with Gasteiger partial charge in [0.25, 0.3) is 0 Å². The van der Waals surface area contributed by atoms with E-state index in [1.165, 1.54) is 0 Å². The fourth-order valence-electron chi connectivity index (χ4n) is 7.17. The molecular weight excluding hydrogens is 526 g/mol. The average molecular weight is 583 g/mol. The van der Waals surface area contributed by atoms with Gasteiger partial charge in [-0.25, -0.2) is 4.58 Å². The molecule has 3 aliphatic heterocycles. The van der Waals surface area contributed by atoms with Crippen LogP contribution in [0.15, 0.2) is 0 Å². The van der Waals surface area contributed by atoms with Gasteiger partial charge in [0.2, 0.25) is 0 Å². The maximum absolute atomic E-state index is 14.1. The summed E-state index contributed by atoms with van der Waals surface area (Å²) in [4.78, 5) is 31.9. The molecule has 1 N–H and O–H groups in total. The number of cyclic esters (lactones) is 1. The zero-order chi connectivity index (χ0) is 30.9. The Labute approximate surface area is 247 Å². The monoisotopic (exact) mass is 582 g/mol. The highest BCUT2D eigenvalue weighted by molar-refractivity contribution is 6.04. The third-order valence-corrected chi connectivity index (χ3v) is 9.75. The number of nitrogens with zero attached hydrogens (tertiary/aromatic N) is 3. The summed E-state index contributed by atoms with van der Waals surface area (Å²) in [6, 6.07) is -0.235. The van der Waals surface area contributed by atoms with Crippen LogP contribution in [0.25, 0.3) is 0 Å². The van der Waals surface area contributed by atoms with Gasteiger partial charge in [-0.05, 0) is 74.6 Å². The van der Waals surface area contributed by atoms with E-state index in [2.05, 4.69) is 30.2 Å². The van der Waals surface area contributed by atoms with Crippen LogP contribution >= 0.6 is 0 Å². The first kappa shape index (κ1) is 34.1. The lowest BCUT2D eigenvalue weighted by Crippen LogP contribution is -2.59. The van der Waals surface area contributed by atoms with Crippen LogP contribution in [0.4, 0.5) is 0 Å². The Morgan fingerprint density at radius 3 is 2.39 bits per heavy atom. The van der Waals surface area contributed by atoms with E-state index in [0.717, 1.165) is 19.5 Å². The summed E-state index contributed by atoms with van der Waals surface area (Å²) in [5.74, 6) is -1.19. The molecule has 0 unspecified atom stereocenters. The molecule has 10 nitrogen and oxygen atoms in total. The van der Waals surface area contributed by atoms with Crippen molar-refractivity contribution in [2.45, 2.75) is 103 Å². The van der Waals surface area contributed by atoms with E-state index in [1.54, 1.807) is 27.9 Å². The number of methoxy groups -OCH3 is 1. The van der Waals surface area contributed by atoms with Crippen molar-refractivity contribution >= 4 is 18.5 Å². The van der Waals surface area contributed by atoms with Crippen molar-refractivity contribution in [3.05, 3.63) is 0 Å². The minimum absolute atomic E-state index is 0.0634. The minimum atomic E-state index is -1.41. The quantitative estimate of drug-likeness (QED) is 0.297. The summed E-state index contributed by atoms with van der Waals surface area (Å²) >= 11 is 0. The van der Waals surface area contributed by atoms with Crippen LogP contribution in [0.5, 0.6) is 0 Å². The van der Waals surface area contributed by atoms with Crippen LogP contribution < -0.4 is 0 Å². The Morgan fingerprint density at radius 1 is 1.17 bits per heavy atom. The third kappa shape index (κ3) is 7.57. The van der Waals surface area contributed by atoms with Crippen molar-refractivity contribution in [2.75, 3.05) is 54.5 Å². The van der Waals surface area contributed by atoms with Gasteiger partial charge in [0.05, 0.1) is 17.8 Å². The smallest absolute Gasteiger partial charge is 0.319 e. The molecule has 0 aromatic rings. The van der Waals surface area contributed by atoms with Crippen molar-refractivity contribution in [3.8, 4) is 0 Å². The first-order valence-electron chi connectivity index (χ1n) is 15.2. The van der Waals surface area contributed by atoms with Crippen LogP contribution in [0, 0.1) is 23.2 Å². The lowest BCUT2D eigenvalue weighted by atomic mass is 9.74. The van der Waals surface area contributed by atoms with Crippen LogP contribution in [-0.4, -0.2) is 135 Å². The Morgan fingerprint density at radius 2 is 1.83 bits per heavy atom. The first-order chi connectivity index (χ1) is 19.0. The number of aliphatic hydroxyl groups is 1. The van der Waals surface area contributed by atoms with Gasteiger partial charge in [-0.1, -0.05) is 13.8 Å². The molecule has 3 aliphatic rings. The standard InChI is InChI=1S/C31H56N3O7/c1-19-15-31(6,38-11)27(41-28-25(35)23(32(7)8)14-20(2)40-28)21(3)26(36)30(4,5)29(37)39-18-24(34(10)16-19)22-12-13-33(9)17-22/h19-25,27-28,35H,10,12-18H2,1-9,11H3/q+1/t19-,20-,21+,22+,23+,24+,25-,27-,28+,31-/m1/s1. The van der Waals surface area contributed by atoms with Crippen molar-refractivity contribution in [1.29, 1.82) is 0 Å². The molecular formula is C31H56N3O7+. The van der Waals surface area contributed by atoms with E-state index in [4.69, 9.17) is 18.9 Å². The number of likely N-dealkylation sites (tertiary alicyclic amines) is 1. The molecule has 0 saturated carbocycles. The van der Waals surface area contributed by atoms with Crippen molar-refractivity contribution in [1.82, 2.24) is 9.80 Å². The number of hydrogen-bond acceptors (Lipinski definition) is 9. The lowest BCUT2D eigenvalue weighted by Gasteiger charge is -2.47. The zero-order valence-electron chi connectivity index (χ0n) is 27.1. The highest BCUT2D eigenvalue weighted by Crippen LogP contribution is 2.38. The van der Waals surface area contributed by atoms with Crippen molar-refractivity contribution < 1.29 is 38.2 Å². The first-order valence-corrected chi connectivity index (χ1v) is 15.2. The number of likely N-dealkylation sites (N-methyl/N-ethyl adjacent to an activating group) is 1. The molecule has 236 valence electrons. The second-order valence-corrected chi connectivity index (χ2v) is 14.0. The summed E-state index contributed by atoms with van der Waals surface area (Å²) < 4.78 is 26.8. The number of ether oxygens (including phenoxy) is 4. The van der Waals surface area contributed by atoms with E-state index in [1.807, 2.05) is 32.8 Å². The SMILES string of the molecule is C=[N+]1C[C@H](C)C[C@@](C)(OC)[C@H](O[C@@H]2O[C@H](C)C[C@H](N(C)C)[C@H]2O)[C@@H](C)C(=O)C(C)(C)C(=O)OC[C@H]1[C@H]1CCN(C)C1. The van der Waals surface area contributed by atoms with Gasteiger partial charge in [0.15, 0.2) is 24.7 Å². The number of aliphatic hydroxyl groups excluding tert-OH is 1. The van der Waals surface area contributed by atoms with Crippen molar-refractivity contribution in [2.24, 2.45) is 23.2 Å². The molecule has 3 rings (SSSR count). The number of rotatable bonds is 5. The number of hydrogen-bond donors (Lipinski definition) is 1. The van der Waals surface area contributed by atoms with Gasteiger partial charge >= 0.3 is 5.97 Å². The number of carbonyl (C=O) groups excluding carboxylic acids is 2. The molecule has 0 bridgehead atoms. The predicted molar refractivity (Wildman–Crippen MR) is 157 cm³/mol. The summed E-state index contributed by atoms with van der Waals surface area (Å²) in [5, 5.41) is 11.3. The van der Waals surface area contributed by atoms with E-state index in [-0.39, 0.29) is 36.5 Å². The topological polar surface area (TPSA) is 101 Å². The number of Topliss-reactive ketones (excluding diaryl/α,β-unsaturated/α-hetero) is 1. The molecule has 3 heterocycles. The molecule has 10 atom stereocenters. The highest BCUT2D eigenvalue weighted by atomic mass is 16.7. The molecule has 0 aliphatic carbocycles. The molecule has 0 aromatic carbocycles. The Balaban J connectivity index is 2.00. The summed E-state index contributed by atoms with van der Waals surface area (Å²) in [7, 11) is 7.57. The van der Waals surface area contributed by atoms with Gasteiger partial charge in [-0.2, -0.15) is 0 Å². The maximum atomic E-state index is 14.1. The normalized spacial score (nSPS) is 42.0. The lowest BCUT2D eigenvalue weighted by molar-refractivity contribution is -0.575. The Hall–Kier alpha value is -1.43. The fourth-order valence-corrected chi connectivity index (χ4v) is 7.17. The molecule has 0 amide bonds. The Bertz CT molecular complexity index is 943. The van der Waals surface area contributed by atoms with Gasteiger partial charge < -0.3 is 33.9 Å². The van der Waals surface area contributed by atoms with Gasteiger partial charge in [0, 0.05) is 37.5 Å². The average Bonchev–Trinajstić information content (AvgIpc) is 3.32. The third-order valence-electron chi connectivity index (χ3n) is 9.75. The molecule has 10 heteroatoms. The van der Waals surface area contributed by atoms with Gasteiger partial charge in [-0.3, -0.25) is 9.59 Å². The largest absolute Gasteiger partial charge is 0.458 e. The summed E-state index contributed by atoms with van der Waals surface area (Å²) in [5.41, 5.74) is -2.34. The second kappa shape index (κ2) is 13.5. The van der Waals surface area contributed by atoms with Gasteiger partial charge in [-0.15, -0.1) is 0 Å². The summed E-state index contributed by atoms with van der Waals surface area (Å²) in [6.07, 6.45) is -0.620. The van der Waals surface area contributed by atoms with Crippen LogP contribution in [0.2, 0.25) is 0 Å². The maximum Gasteiger partial charge on any atom is 0.319 e. The second-order valence-electron chi connectivity index (χ2n) is 14.0. The van der Waals surface area contributed by atoms with Crippen molar-refractivity contribution in [3.63, 3.8) is 0 Å². The van der Waals surface area contributed by atoms with Gasteiger partial charge in [0.1, 0.15) is 24.8 Å². The predicted octanol–water partition coefficient (Wildman–Crippen LogP) is 2.05. The zero-order valence-corrected chi connectivity index (χ0v) is 27.1. The minimum Gasteiger partial charge on any atom is -0.458 e. The van der Waals surface area contributed by atoms with E-state index in [0.29, 0.717) is 25.3 Å². The highest BCUT2D eigenvalue weighted by Gasteiger charge is 2.52. The molecule has 41 heavy (non-hydrogen) atoms. The molecule has 0 spiro atoms. The molecule has 0 radical (unpaired) electrons. The number of carbonyl (C=O) groups is 2. The molecule has 3 saturated heterocycles. The van der Waals surface area contributed by atoms with E-state index < -0.39 is 41.4 Å². The van der Waals surface area contributed by atoms with Crippen LogP contribution in [-0.2, 0) is 28.5 Å². The fraction of sp³-hybridized carbons (Fsp3) is 0.903. The number of ketones is 1. The number of esters is 1. The summed E-state index contributed by atoms with van der Waals surface area (Å²) in [6.45, 7) is 18.2. The van der Waals surface area contributed by atoms with Crippen LogP contribution in [0.3, 0.4) is 0 Å².